The summed E-state index contributed by atoms with van der Waals surface area (Å²) >= 11 is 0. The Balaban J connectivity index is 0. The first-order valence-corrected chi connectivity index (χ1v) is 0. The van der Waals surface area contributed by atoms with Crippen molar-refractivity contribution in [1.29, 1.82) is 0 Å². The summed E-state index contributed by atoms with van der Waals surface area (Å²) in [5.41, 5.74) is 0. The first-order chi connectivity index (χ1) is 0. The molecule has 0 aliphatic rings. The molecule has 0 spiro atoms. The maximum absolute atomic E-state index is 0. The molecule has 0 aromatic rings. The molecule has 0 saturated heterocycles. The van der Waals surface area contributed by atoms with Crippen molar-refractivity contribution < 1.29 is 176 Å². The van der Waals surface area contributed by atoms with Gasteiger partial charge in [0.05, 0.1) is 0 Å². The van der Waals surface area contributed by atoms with Gasteiger partial charge in [0.25, 0.3) is 0 Å². The maximum Gasteiger partial charge on any atom is 1.00 e. The van der Waals surface area contributed by atoms with Gasteiger partial charge in [-0.15, -0.1) is 0 Å². The van der Waals surface area contributed by atoms with E-state index in [0.29, 0.717) is 0 Å². The van der Waals surface area contributed by atoms with Crippen LogP contribution in [0.1, 0.15) is 0 Å². The molecule has 0 rings (SSSR count). The molecule has 0 aliphatic heterocycles. The molecule has 1 radical (unpaired) electrons. The minimum atomic E-state index is 0. The van der Waals surface area contributed by atoms with Crippen LogP contribution in [0.2, 0.25) is 0 Å². The van der Waals surface area contributed by atoms with Crippen molar-refractivity contribution in [3.05, 3.63) is 0 Å². The predicted octanol–water partition coefficient (Wildman–Crippen LogP) is -15.2. The van der Waals surface area contributed by atoms with Gasteiger partial charge in [0.15, 0.2) is 0 Å². The van der Waals surface area contributed by atoms with E-state index in [1.54, 1.807) is 0 Å². The summed E-state index contributed by atoms with van der Waals surface area (Å²) < 4.78 is 0. The van der Waals surface area contributed by atoms with E-state index in [-0.39, 0.29) is 189 Å². The van der Waals surface area contributed by atoms with Crippen molar-refractivity contribution in [2.24, 2.45) is 0 Å². The van der Waals surface area contributed by atoms with Crippen molar-refractivity contribution >= 4 is 13.5 Å². The van der Waals surface area contributed by atoms with E-state index in [1.165, 1.54) is 0 Å². The van der Waals surface area contributed by atoms with Gasteiger partial charge in [0.1, 0.15) is 0 Å². The van der Waals surface area contributed by atoms with E-state index in [0.717, 1.165) is 0 Å². The van der Waals surface area contributed by atoms with Crippen LogP contribution in [0.4, 0.5) is 0 Å². The molecule has 0 aromatic carbocycles. The van der Waals surface area contributed by atoms with Gasteiger partial charge in [-0.05, 0) is 0 Å². The summed E-state index contributed by atoms with van der Waals surface area (Å²) in [6.07, 6.45) is 0. The molecule has 9 heavy (non-hydrogen) atoms. The summed E-state index contributed by atoms with van der Waals surface area (Å²) in [6, 6.07) is 0. The second-order valence-corrected chi connectivity index (χ2v) is 0. The molecule has 0 bridgehead atoms. The Bertz CT molecular complexity index is 14.9. The van der Waals surface area contributed by atoms with E-state index < -0.39 is 0 Å². The van der Waals surface area contributed by atoms with Gasteiger partial charge < -0.3 is 24.4 Å². The van der Waals surface area contributed by atoms with Crippen molar-refractivity contribution in [1.82, 2.24) is 0 Å². The van der Waals surface area contributed by atoms with Crippen LogP contribution in [0.25, 0.3) is 0 Å². The number of hydrogen-bond acceptors (Lipinski definition) is 0. The monoisotopic (exact) mass is 238 g/mol. The fraction of sp³-hybridized carbons (Fsp3) is 0. The van der Waals surface area contributed by atoms with Crippen LogP contribution in [0, 0.1) is 0 Å². The molecule has 0 N–H and O–H groups in total. The van der Waals surface area contributed by atoms with Crippen LogP contribution in [0.5, 0.6) is 0 Å². The summed E-state index contributed by atoms with van der Waals surface area (Å²) in [4.78, 5) is 0. The van der Waals surface area contributed by atoms with Crippen LogP contribution < -0.4 is 148 Å². The SMILES string of the molecule is [Co].[Na+].[Na+].[Na+].[Na+].[Na+].[O-2].[O-2].[S-2]. The third-order valence-electron chi connectivity index (χ3n) is 0. The van der Waals surface area contributed by atoms with Gasteiger partial charge in [0.2, 0.25) is 0 Å². The molecule has 33 valence electrons. The predicted molar refractivity (Wildman–Crippen MR) is 8.74 cm³/mol. The smallest absolute Gasteiger partial charge is 1.00 e. The Morgan fingerprint density at radius 1 is 0.444 bits per heavy atom. The van der Waals surface area contributed by atoms with Gasteiger partial charge in [-0.25, -0.2) is 0 Å². The van der Waals surface area contributed by atoms with Crippen molar-refractivity contribution in [2.45, 2.75) is 0 Å². The van der Waals surface area contributed by atoms with E-state index in [9.17, 15) is 0 Å². The van der Waals surface area contributed by atoms with Gasteiger partial charge in [0, 0.05) is 16.8 Å². The normalized spacial score (nSPS) is 0. The zero-order valence-corrected chi connectivity index (χ0v) is 18.4. The first kappa shape index (κ1) is 84.0. The van der Waals surface area contributed by atoms with Crippen molar-refractivity contribution in [3.8, 4) is 0 Å². The van der Waals surface area contributed by atoms with Crippen LogP contribution in [0.3, 0.4) is 0 Å². The molecule has 0 fully saturated rings. The summed E-state index contributed by atoms with van der Waals surface area (Å²) in [5.74, 6) is 0. The van der Waals surface area contributed by atoms with Crippen LogP contribution in [0.15, 0.2) is 0 Å². The third kappa shape index (κ3) is 57.3. The first-order valence-electron chi connectivity index (χ1n) is 0. The summed E-state index contributed by atoms with van der Waals surface area (Å²) in [5, 5.41) is 0. The molecule has 9 heteroatoms. The molecule has 0 amide bonds. The molecule has 2 nitrogen and oxygen atoms in total. The zero-order chi connectivity index (χ0) is 0. The Hall–Kier alpha value is 5.78. The number of rotatable bonds is 0. The van der Waals surface area contributed by atoms with Crippen LogP contribution in [-0.4, -0.2) is 0 Å². The maximum atomic E-state index is 0. The largest absolute Gasteiger partial charge is 2.00 e. The minimum Gasteiger partial charge on any atom is -2.00 e. The molecule has 0 atom stereocenters. The average molecular weight is 238 g/mol. The summed E-state index contributed by atoms with van der Waals surface area (Å²) in [6.45, 7) is 0. The topological polar surface area (TPSA) is 57.0 Å². The second kappa shape index (κ2) is 67.4. The van der Waals surface area contributed by atoms with E-state index in [4.69, 9.17) is 0 Å². The Labute approximate surface area is 184 Å². The van der Waals surface area contributed by atoms with E-state index in [1.807, 2.05) is 0 Å². The third-order valence-corrected chi connectivity index (χ3v) is 0. The van der Waals surface area contributed by atoms with Crippen molar-refractivity contribution in [3.63, 3.8) is 0 Å². The molecule has 0 saturated carbocycles. The molecule has 0 aromatic heterocycles. The van der Waals surface area contributed by atoms with Gasteiger partial charge in [-0.2, -0.15) is 0 Å². The van der Waals surface area contributed by atoms with E-state index in [2.05, 4.69) is 0 Å². The van der Waals surface area contributed by atoms with Crippen LogP contribution in [-0.2, 0) is 41.2 Å². The zero-order valence-electron chi connectivity index (χ0n) is 6.56. The minimum absolute atomic E-state index is 0. The summed E-state index contributed by atoms with van der Waals surface area (Å²) in [7, 11) is 0. The fourth-order valence-corrected chi connectivity index (χ4v) is 0. The molecular formula is CoNa5O2S-. The quantitative estimate of drug-likeness (QED) is 0.376. The average Bonchev–Trinajstić information content (AvgIpc) is 0. The molecule has 0 unspecified atom stereocenters. The standard InChI is InChI=1S/Co.5Na.2O.S/q;5*+1;3*-2. The second-order valence-electron chi connectivity index (χ2n) is 0. The Morgan fingerprint density at radius 2 is 0.444 bits per heavy atom. The number of hydrogen-bond donors (Lipinski definition) is 0. The Morgan fingerprint density at radius 3 is 0.444 bits per heavy atom. The van der Waals surface area contributed by atoms with Gasteiger partial charge in [-0.1, -0.05) is 0 Å². The molecule has 0 aliphatic carbocycles. The van der Waals surface area contributed by atoms with Crippen LogP contribution >= 0.6 is 0 Å². The van der Waals surface area contributed by atoms with Gasteiger partial charge in [-0.3, -0.25) is 0 Å². The van der Waals surface area contributed by atoms with Crippen molar-refractivity contribution in [2.75, 3.05) is 0 Å². The Kier molecular flexibility index (Phi) is 629. The van der Waals surface area contributed by atoms with Gasteiger partial charge >= 0.3 is 148 Å². The fourth-order valence-electron chi connectivity index (χ4n) is 0. The van der Waals surface area contributed by atoms with E-state index >= 15 is 0 Å². The molecular weight excluding hydrogens is 238 g/mol. The molecule has 0 heterocycles.